The van der Waals surface area contributed by atoms with Gasteiger partial charge in [-0.1, -0.05) is 6.07 Å². The van der Waals surface area contributed by atoms with Gasteiger partial charge in [-0.05, 0) is 52.8 Å². The molecule has 0 aromatic heterocycles. The average molecular weight is 395 g/mol. The fourth-order valence-corrected chi connectivity index (χ4v) is 2.08. The Morgan fingerprint density at radius 2 is 1.82 bits per heavy atom. The summed E-state index contributed by atoms with van der Waals surface area (Å²) in [6.45, 7) is 9.31. The molecule has 0 heterocycles. The molecule has 0 saturated carbocycles. The molecule has 1 aromatic carbocycles. The second kappa shape index (κ2) is 9.91. The molecule has 0 fully saturated rings. The zero-order valence-corrected chi connectivity index (χ0v) is 17.3. The fourth-order valence-electron chi connectivity index (χ4n) is 2.08. The third-order valence-corrected chi connectivity index (χ3v) is 3.29. The number of ether oxygens (including phenoxy) is 1. The molecule has 1 rings (SSSR count). The number of halogens is 1. The van der Waals surface area contributed by atoms with E-state index in [9.17, 15) is 14.0 Å². The van der Waals surface area contributed by atoms with E-state index in [1.807, 2.05) is 13.8 Å². The zero-order chi connectivity index (χ0) is 21.4. The highest BCUT2D eigenvalue weighted by atomic mass is 19.1. The van der Waals surface area contributed by atoms with Crippen LogP contribution in [0.4, 0.5) is 14.9 Å². The second-order valence-electron chi connectivity index (χ2n) is 7.85. The molecule has 0 atom stereocenters. The number of nitrogens with one attached hydrogen (secondary N) is 4. The maximum Gasteiger partial charge on any atom is 0.408 e. The number of aliphatic imine (C=N–C) groups is 1. The van der Waals surface area contributed by atoms with Crippen molar-refractivity contribution >= 4 is 23.6 Å². The molecule has 9 heteroatoms. The largest absolute Gasteiger partial charge is 0.444 e. The molecule has 2 amide bonds. The van der Waals surface area contributed by atoms with E-state index in [2.05, 4.69) is 26.3 Å². The van der Waals surface area contributed by atoms with Crippen LogP contribution >= 0.6 is 0 Å². The van der Waals surface area contributed by atoms with Crippen molar-refractivity contribution in [1.29, 1.82) is 0 Å². The van der Waals surface area contributed by atoms with Crippen molar-refractivity contribution in [1.82, 2.24) is 16.0 Å². The molecule has 0 aliphatic carbocycles. The highest BCUT2D eigenvalue weighted by Crippen LogP contribution is 2.09. The van der Waals surface area contributed by atoms with Gasteiger partial charge < -0.3 is 26.0 Å². The Hall–Kier alpha value is -2.84. The molecule has 4 N–H and O–H groups in total. The molecule has 0 aliphatic rings. The summed E-state index contributed by atoms with van der Waals surface area (Å²) in [7, 11) is 1.56. The minimum atomic E-state index is -0.621. The van der Waals surface area contributed by atoms with Gasteiger partial charge in [0.2, 0.25) is 5.91 Å². The van der Waals surface area contributed by atoms with Crippen molar-refractivity contribution in [2.24, 2.45) is 4.99 Å². The number of carbonyl (C=O) groups excluding carboxylic acids is 2. The lowest BCUT2D eigenvalue weighted by molar-refractivity contribution is -0.115. The van der Waals surface area contributed by atoms with Crippen LogP contribution in [0.2, 0.25) is 0 Å². The molecular formula is C19H30FN5O3. The molecule has 0 spiro atoms. The van der Waals surface area contributed by atoms with Crippen molar-refractivity contribution in [3.05, 3.63) is 30.1 Å². The lowest BCUT2D eigenvalue weighted by Crippen LogP contribution is -2.54. The maximum absolute atomic E-state index is 13.1. The van der Waals surface area contributed by atoms with Gasteiger partial charge in [-0.3, -0.25) is 9.79 Å². The molecule has 8 nitrogen and oxygen atoms in total. The van der Waals surface area contributed by atoms with E-state index in [1.54, 1.807) is 33.9 Å². The minimum absolute atomic E-state index is 0.0594. The summed E-state index contributed by atoms with van der Waals surface area (Å²) in [6.07, 6.45) is -0.517. The average Bonchev–Trinajstić information content (AvgIpc) is 2.52. The minimum Gasteiger partial charge on any atom is -0.444 e. The van der Waals surface area contributed by atoms with Gasteiger partial charge in [-0.2, -0.15) is 0 Å². The first-order chi connectivity index (χ1) is 12.9. The van der Waals surface area contributed by atoms with Crippen molar-refractivity contribution in [3.63, 3.8) is 0 Å². The number of hydrogen-bond donors (Lipinski definition) is 4. The first kappa shape index (κ1) is 23.2. The van der Waals surface area contributed by atoms with Gasteiger partial charge in [0.1, 0.15) is 11.4 Å². The van der Waals surface area contributed by atoms with Crippen LogP contribution in [0.3, 0.4) is 0 Å². The van der Waals surface area contributed by atoms with Crippen LogP contribution in [-0.2, 0) is 9.53 Å². The van der Waals surface area contributed by atoms with Gasteiger partial charge in [-0.25, -0.2) is 9.18 Å². The Labute approximate surface area is 165 Å². The van der Waals surface area contributed by atoms with Crippen LogP contribution in [-0.4, -0.2) is 49.2 Å². The summed E-state index contributed by atoms with van der Waals surface area (Å²) in [5.74, 6) is -0.392. The lowest BCUT2D eigenvalue weighted by atomic mass is 10.1. The van der Waals surface area contributed by atoms with Crippen LogP contribution in [0.25, 0.3) is 0 Å². The molecule has 0 saturated heterocycles. The summed E-state index contributed by atoms with van der Waals surface area (Å²) >= 11 is 0. The van der Waals surface area contributed by atoms with E-state index in [0.717, 1.165) is 0 Å². The summed E-state index contributed by atoms with van der Waals surface area (Å²) in [4.78, 5) is 27.9. The van der Waals surface area contributed by atoms with Crippen LogP contribution < -0.4 is 21.3 Å². The van der Waals surface area contributed by atoms with E-state index >= 15 is 0 Å². The zero-order valence-electron chi connectivity index (χ0n) is 17.3. The number of anilines is 1. The van der Waals surface area contributed by atoms with Gasteiger partial charge in [0.25, 0.3) is 0 Å². The van der Waals surface area contributed by atoms with E-state index in [4.69, 9.17) is 4.74 Å². The Balaban J connectivity index is 2.45. The number of amides is 2. The smallest absolute Gasteiger partial charge is 0.408 e. The van der Waals surface area contributed by atoms with E-state index in [1.165, 1.54) is 18.2 Å². The van der Waals surface area contributed by atoms with Crippen LogP contribution in [0.5, 0.6) is 0 Å². The number of alkyl carbamates (subject to hydrolysis) is 1. The van der Waals surface area contributed by atoms with Gasteiger partial charge in [0.15, 0.2) is 5.96 Å². The Kier molecular flexibility index (Phi) is 8.21. The van der Waals surface area contributed by atoms with Crippen molar-refractivity contribution in [2.45, 2.75) is 45.8 Å². The lowest BCUT2D eigenvalue weighted by Gasteiger charge is -2.29. The first-order valence-electron chi connectivity index (χ1n) is 8.91. The third kappa shape index (κ3) is 9.75. The predicted octanol–water partition coefficient (Wildman–Crippen LogP) is 2.23. The van der Waals surface area contributed by atoms with E-state index in [-0.39, 0.29) is 12.5 Å². The molecule has 156 valence electrons. The second-order valence-corrected chi connectivity index (χ2v) is 7.85. The first-order valence-corrected chi connectivity index (χ1v) is 8.91. The molecule has 0 radical (unpaired) electrons. The van der Waals surface area contributed by atoms with Gasteiger partial charge in [0.05, 0.1) is 12.1 Å². The van der Waals surface area contributed by atoms with E-state index < -0.39 is 23.1 Å². The number of guanidine groups is 1. The summed E-state index contributed by atoms with van der Waals surface area (Å²) in [5.41, 5.74) is -0.832. The van der Waals surface area contributed by atoms with Gasteiger partial charge in [-0.15, -0.1) is 0 Å². The topological polar surface area (TPSA) is 104 Å². The molecule has 0 unspecified atom stereocenters. The molecule has 0 aliphatic heterocycles. The monoisotopic (exact) mass is 395 g/mol. The molecular weight excluding hydrogens is 365 g/mol. The number of rotatable bonds is 6. The molecule has 28 heavy (non-hydrogen) atoms. The Morgan fingerprint density at radius 1 is 1.14 bits per heavy atom. The standard InChI is InChI=1S/C19H30FN5O3/c1-18(2,3)28-17(27)25-19(4,5)12-23-16(21-6)22-11-15(26)24-14-9-7-8-13(20)10-14/h7-10H,11-12H2,1-6H3,(H,24,26)(H,25,27)(H2,21,22,23). The van der Waals surface area contributed by atoms with Crippen molar-refractivity contribution in [3.8, 4) is 0 Å². The van der Waals surface area contributed by atoms with Gasteiger partial charge >= 0.3 is 6.09 Å². The quantitative estimate of drug-likeness (QED) is 0.437. The number of benzene rings is 1. The molecule has 1 aromatic rings. The number of nitrogens with zero attached hydrogens (tertiary/aromatic N) is 1. The predicted molar refractivity (Wildman–Crippen MR) is 108 cm³/mol. The highest BCUT2D eigenvalue weighted by molar-refractivity contribution is 5.95. The molecule has 0 bridgehead atoms. The van der Waals surface area contributed by atoms with Crippen molar-refractivity contribution in [2.75, 3.05) is 25.5 Å². The Bertz CT molecular complexity index is 714. The van der Waals surface area contributed by atoms with Gasteiger partial charge in [0, 0.05) is 19.3 Å². The summed E-state index contributed by atoms with van der Waals surface area (Å²) in [6, 6.07) is 5.64. The maximum atomic E-state index is 13.1. The fraction of sp³-hybridized carbons (Fsp3) is 0.526. The summed E-state index contributed by atoms with van der Waals surface area (Å²) in [5, 5.41) is 11.3. The van der Waals surface area contributed by atoms with Crippen LogP contribution in [0.15, 0.2) is 29.3 Å². The highest BCUT2D eigenvalue weighted by Gasteiger charge is 2.24. The Morgan fingerprint density at radius 3 is 2.39 bits per heavy atom. The summed E-state index contributed by atoms with van der Waals surface area (Å²) < 4.78 is 18.4. The SMILES string of the molecule is CN=C(NCC(=O)Nc1cccc(F)c1)NCC(C)(C)NC(=O)OC(C)(C)C. The van der Waals surface area contributed by atoms with Crippen LogP contribution in [0.1, 0.15) is 34.6 Å². The number of hydrogen-bond acceptors (Lipinski definition) is 4. The normalized spacial score (nSPS) is 12.2. The van der Waals surface area contributed by atoms with Crippen molar-refractivity contribution < 1.29 is 18.7 Å². The van der Waals surface area contributed by atoms with Crippen LogP contribution in [0, 0.1) is 5.82 Å². The third-order valence-electron chi connectivity index (χ3n) is 3.29. The number of carbonyl (C=O) groups is 2. The van der Waals surface area contributed by atoms with E-state index in [0.29, 0.717) is 18.2 Å².